The van der Waals surface area contributed by atoms with Crippen molar-refractivity contribution in [2.24, 2.45) is 0 Å². The molecule has 1 fully saturated rings. The van der Waals surface area contributed by atoms with E-state index in [4.69, 9.17) is 9.47 Å². The Balaban J connectivity index is 1.44. The van der Waals surface area contributed by atoms with Crippen LogP contribution in [-0.4, -0.2) is 61.2 Å². The van der Waals surface area contributed by atoms with Gasteiger partial charge in [-0.2, -0.15) is 0 Å². The van der Waals surface area contributed by atoms with E-state index in [0.29, 0.717) is 42.1 Å². The van der Waals surface area contributed by atoms with Crippen LogP contribution >= 0.6 is 0 Å². The fraction of sp³-hybridized carbons (Fsp3) is 0.400. The Morgan fingerprint density at radius 2 is 1.80 bits per heavy atom. The summed E-state index contributed by atoms with van der Waals surface area (Å²) in [5, 5.41) is 8.09. The van der Waals surface area contributed by atoms with Gasteiger partial charge in [0.1, 0.15) is 24.3 Å². The second kappa shape index (κ2) is 10.7. The molecule has 1 saturated heterocycles. The van der Waals surface area contributed by atoms with E-state index in [1.807, 2.05) is 6.92 Å². The average Bonchev–Trinajstić information content (AvgIpc) is 2.83. The average molecular weight is 485 g/mol. The molecule has 0 saturated carbocycles. The summed E-state index contributed by atoms with van der Waals surface area (Å²) in [7, 11) is 1.73. The third-order valence-corrected chi connectivity index (χ3v) is 6.16. The molecule has 0 aromatic heterocycles. The van der Waals surface area contributed by atoms with E-state index in [1.54, 1.807) is 30.1 Å². The number of benzene rings is 2. The van der Waals surface area contributed by atoms with Gasteiger partial charge in [0.15, 0.2) is 0 Å². The van der Waals surface area contributed by atoms with Crippen LogP contribution in [0.4, 0.5) is 20.6 Å². The predicted molar refractivity (Wildman–Crippen MR) is 128 cm³/mol. The Morgan fingerprint density at radius 1 is 1.09 bits per heavy atom. The zero-order valence-corrected chi connectivity index (χ0v) is 19.7. The maximum atomic E-state index is 13.3. The zero-order valence-electron chi connectivity index (χ0n) is 19.7. The minimum absolute atomic E-state index is 0.0546. The summed E-state index contributed by atoms with van der Waals surface area (Å²) in [5.74, 6) is -0.313. The number of carbonyl (C=O) groups excluding carboxylic acids is 3. The fourth-order valence-corrected chi connectivity index (χ4v) is 4.41. The van der Waals surface area contributed by atoms with Gasteiger partial charge < -0.3 is 30.3 Å². The molecule has 35 heavy (non-hydrogen) atoms. The summed E-state index contributed by atoms with van der Waals surface area (Å²) in [6.07, 6.45) is 1.05. The van der Waals surface area contributed by atoms with Gasteiger partial charge in [-0.15, -0.1) is 0 Å². The lowest BCUT2D eigenvalue weighted by Gasteiger charge is -2.42. The second-order valence-electron chi connectivity index (χ2n) is 8.62. The molecule has 0 aliphatic carbocycles. The van der Waals surface area contributed by atoms with E-state index in [2.05, 4.69) is 16.0 Å². The van der Waals surface area contributed by atoms with Crippen LogP contribution in [0.1, 0.15) is 36.5 Å². The van der Waals surface area contributed by atoms with Crippen molar-refractivity contribution in [3.8, 4) is 5.75 Å². The summed E-state index contributed by atoms with van der Waals surface area (Å²) in [6, 6.07) is 9.51. The van der Waals surface area contributed by atoms with Gasteiger partial charge in [0, 0.05) is 25.0 Å². The number of fused-ring (bicyclic) bond motifs is 2. The first-order valence-electron chi connectivity index (χ1n) is 11.6. The van der Waals surface area contributed by atoms with Crippen molar-refractivity contribution in [1.82, 2.24) is 10.2 Å². The summed E-state index contributed by atoms with van der Waals surface area (Å²) in [4.78, 5) is 39.3. The van der Waals surface area contributed by atoms with Crippen LogP contribution in [0.5, 0.6) is 5.75 Å². The van der Waals surface area contributed by atoms with Crippen molar-refractivity contribution in [1.29, 1.82) is 0 Å². The molecule has 10 heteroatoms. The Bertz CT molecular complexity index is 1090. The smallest absolute Gasteiger partial charge is 0.323 e. The summed E-state index contributed by atoms with van der Waals surface area (Å²) in [6.45, 7) is 2.67. The minimum Gasteiger partial charge on any atom is -0.490 e. The summed E-state index contributed by atoms with van der Waals surface area (Å²) >= 11 is 0. The van der Waals surface area contributed by atoms with Gasteiger partial charge in [0.2, 0.25) is 5.91 Å². The van der Waals surface area contributed by atoms with Crippen LogP contribution in [-0.2, 0) is 9.53 Å². The van der Waals surface area contributed by atoms with Gasteiger partial charge in [-0.3, -0.25) is 9.59 Å². The molecule has 0 radical (unpaired) electrons. The number of ether oxygens (including phenoxy) is 2. The van der Waals surface area contributed by atoms with Gasteiger partial charge in [0.05, 0.1) is 24.1 Å². The molecule has 2 aromatic rings. The number of carbonyl (C=O) groups is 3. The molecular formula is C25H29FN4O5. The standard InChI is InChI=1S/C25H29FN4O5/c1-3-27-23(31)13-18-9-10-20-22(35-18)14-34-21-11-8-17(12-19(21)24(32)30(20)2)29-25(33)28-16-6-4-15(26)5-7-16/h4-8,11-12,18,20,22H,3,9-10,13-14H2,1-2H3,(H,27,31)(H2,28,29,33)/t18-,20+,22+/m0/s1. The van der Waals surface area contributed by atoms with Crippen molar-refractivity contribution in [3.05, 3.63) is 53.8 Å². The molecule has 4 rings (SSSR count). The van der Waals surface area contributed by atoms with Crippen molar-refractivity contribution in [2.75, 3.05) is 30.8 Å². The maximum absolute atomic E-state index is 13.3. The van der Waals surface area contributed by atoms with E-state index in [1.165, 1.54) is 24.3 Å². The molecule has 2 aliphatic heterocycles. The van der Waals surface area contributed by atoms with Crippen LogP contribution in [0.15, 0.2) is 42.5 Å². The van der Waals surface area contributed by atoms with Crippen LogP contribution in [0.2, 0.25) is 0 Å². The lowest BCUT2D eigenvalue weighted by molar-refractivity contribution is -0.133. The first-order valence-corrected chi connectivity index (χ1v) is 11.6. The van der Waals surface area contributed by atoms with Crippen molar-refractivity contribution < 1.29 is 28.2 Å². The molecule has 0 bridgehead atoms. The Hall–Kier alpha value is -3.66. The first kappa shape index (κ1) is 24.5. The van der Waals surface area contributed by atoms with Crippen molar-refractivity contribution in [3.63, 3.8) is 0 Å². The number of amides is 4. The van der Waals surface area contributed by atoms with Crippen molar-refractivity contribution in [2.45, 2.75) is 44.4 Å². The number of nitrogens with one attached hydrogen (secondary N) is 3. The highest BCUT2D eigenvalue weighted by molar-refractivity contribution is 6.02. The molecular weight excluding hydrogens is 455 g/mol. The third kappa shape index (κ3) is 5.89. The molecule has 186 valence electrons. The maximum Gasteiger partial charge on any atom is 0.323 e. The largest absolute Gasteiger partial charge is 0.490 e. The number of likely N-dealkylation sites (N-methyl/N-ethyl adjacent to an activating group) is 1. The number of hydrogen-bond donors (Lipinski definition) is 3. The lowest BCUT2D eigenvalue weighted by Crippen LogP contribution is -2.54. The van der Waals surface area contributed by atoms with Crippen LogP contribution in [0, 0.1) is 5.82 Å². The SMILES string of the molecule is CCNC(=O)C[C@@H]1CC[C@@H]2[C@@H](COc3ccc(NC(=O)Nc4ccc(F)cc4)cc3C(=O)N2C)O1. The van der Waals surface area contributed by atoms with Gasteiger partial charge in [0.25, 0.3) is 5.91 Å². The number of urea groups is 1. The van der Waals surface area contributed by atoms with Gasteiger partial charge in [-0.05, 0) is 62.2 Å². The highest BCUT2D eigenvalue weighted by Crippen LogP contribution is 2.32. The van der Waals surface area contributed by atoms with E-state index in [0.717, 1.165) is 0 Å². The van der Waals surface area contributed by atoms with E-state index < -0.39 is 11.8 Å². The molecule has 9 nitrogen and oxygen atoms in total. The Kier molecular flexibility index (Phi) is 7.50. The monoisotopic (exact) mass is 484 g/mol. The molecule has 2 heterocycles. The van der Waals surface area contributed by atoms with E-state index in [-0.39, 0.29) is 43.1 Å². The molecule has 3 N–H and O–H groups in total. The first-order chi connectivity index (χ1) is 16.8. The van der Waals surface area contributed by atoms with Gasteiger partial charge in [-0.25, -0.2) is 9.18 Å². The lowest BCUT2D eigenvalue weighted by atomic mass is 9.94. The Morgan fingerprint density at radius 3 is 2.54 bits per heavy atom. The molecule has 2 aliphatic rings. The fourth-order valence-electron chi connectivity index (χ4n) is 4.41. The Labute approximate surface area is 203 Å². The quantitative estimate of drug-likeness (QED) is 0.603. The van der Waals surface area contributed by atoms with Gasteiger partial charge in [-0.1, -0.05) is 0 Å². The zero-order chi connectivity index (χ0) is 24.9. The summed E-state index contributed by atoms with van der Waals surface area (Å²) < 4.78 is 25.2. The number of hydrogen-bond acceptors (Lipinski definition) is 5. The highest BCUT2D eigenvalue weighted by Gasteiger charge is 2.39. The number of halogens is 1. The summed E-state index contributed by atoms with van der Waals surface area (Å²) in [5.41, 5.74) is 1.17. The van der Waals surface area contributed by atoms with E-state index >= 15 is 0 Å². The minimum atomic E-state index is -0.525. The number of rotatable bonds is 5. The van der Waals surface area contributed by atoms with Gasteiger partial charge >= 0.3 is 6.03 Å². The predicted octanol–water partition coefficient (Wildman–Crippen LogP) is 3.38. The number of anilines is 2. The van der Waals surface area contributed by atoms with E-state index in [9.17, 15) is 18.8 Å². The topological polar surface area (TPSA) is 109 Å². The number of nitrogens with zero attached hydrogens (tertiary/aromatic N) is 1. The normalized spacial score (nSPS) is 21.5. The second-order valence-corrected chi connectivity index (χ2v) is 8.62. The van der Waals surface area contributed by atoms with Crippen LogP contribution in [0.25, 0.3) is 0 Å². The van der Waals surface area contributed by atoms with Crippen molar-refractivity contribution >= 4 is 29.2 Å². The molecule has 4 amide bonds. The molecule has 3 atom stereocenters. The van der Waals surface area contributed by atoms with Crippen LogP contribution < -0.4 is 20.7 Å². The molecule has 2 aromatic carbocycles. The van der Waals surface area contributed by atoms with Crippen LogP contribution in [0.3, 0.4) is 0 Å². The molecule has 0 spiro atoms. The highest BCUT2D eigenvalue weighted by atomic mass is 19.1. The molecule has 0 unspecified atom stereocenters. The third-order valence-electron chi connectivity index (χ3n) is 6.16.